The van der Waals surface area contributed by atoms with E-state index in [2.05, 4.69) is 20.8 Å². The molecule has 9 heteroatoms. The zero-order valence-electron chi connectivity index (χ0n) is 11.9. The lowest BCUT2D eigenvalue weighted by molar-refractivity contribution is -0.118. The molecule has 2 aromatic rings. The maximum Gasteiger partial charge on any atom is 0.230 e. The van der Waals surface area contributed by atoms with Crippen molar-refractivity contribution in [2.75, 3.05) is 27.0 Å². The summed E-state index contributed by atoms with van der Waals surface area (Å²) in [7, 11) is 4.72. The highest BCUT2D eigenvalue weighted by molar-refractivity contribution is 7.99. The molecule has 1 amide bonds. The Morgan fingerprint density at radius 3 is 2.52 bits per heavy atom. The molecule has 0 saturated carbocycles. The molecule has 0 spiro atoms. The smallest absolute Gasteiger partial charge is 0.230 e. The van der Waals surface area contributed by atoms with Gasteiger partial charge in [-0.15, -0.1) is 5.10 Å². The van der Waals surface area contributed by atoms with Gasteiger partial charge >= 0.3 is 0 Å². The average molecular weight is 309 g/mol. The van der Waals surface area contributed by atoms with Crippen molar-refractivity contribution in [2.45, 2.75) is 5.16 Å². The van der Waals surface area contributed by atoms with Crippen LogP contribution in [-0.2, 0) is 4.79 Å². The van der Waals surface area contributed by atoms with Crippen LogP contribution >= 0.6 is 11.8 Å². The summed E-state index contributed by atoms with van der Waals surface area (Å²) in [6.45, 7) is 0. The van der Waals surface area contributed by atoms with Crippen LogP contribution < -0.4 is 14.8 Å². The number of tetrazole rings is 1. The monoisotopic (exact) mass is 309 g/mol. The van der Waals surface area contributed by atoms with E-state index in [9.17, 15) is 4.79 Å². The van der Waals surface area contributed by atoms with Crippen molar-refractivity contribution in [3.8, 4) is 17.2 Å². The molecule has 0 unspecified atom stereocenters. The van der Waals surface area contributed by atoms with Crippen molar-refractivity contribution in [1.82, 2.24) is 25.5 Å². The Labute approximate surface area is 125 Å². The zero-order valence-corrected chi connectivity index (χ0v) is 12.7. The van der Waals surface area contributed by atoms with Crippen LogP contribution in [0.2, 0.25) is 0 Å². The van der Waals surface area contributed by atoms with Crippen LogP contribution in [0.1, 0.15) is 0 Å². The molecule has 112 valence electrons. The third-order valence-corrected chi connectivity index (χ3v) is 3.55. The summed E-state index contributed by atoms with van der Waals surface area (Å²) in [4.78, 5) is 11.3. The molecule has 0 aliphatic rings. The Morgan fingerprint density at radius 2 is 1.95 bits per heavy atom. The molecule has 0 bridgehead atoms. The number of thioether (sulfide) groups is 1. The molecule has 0 radical (unpaired) electrons. The van der Waals surface area contributed by atoms with Gasteiger partial charge in [0.15, 0.2) is 0 Å². The highest BCUT2D eigenvalue weighted by Gasteiger charge is 2.13. The molecule has 1 aromatic heterocycles. The van der Waals surface area contributed by atoms with Gasteiger partial charge in [-0.1, -0.05) is 11.8 Å². The predicted octanol–water partition coefficient (Wildman–Crippen LogP) is 0.518. The van der Waals surface area contributed by atoms with Crippen LogP contribution in [-0.4, -0.2) is 53.1 Å². The number of amides is 1. The van der Waals surface area contributed by atoms with Crippen molar-refractivity contribution < 1.29 is 14.3 Å². The van der Waals surface area contributed by atoms with Gasteiger partial charge in [-0.25, -0.2) is 0 Å². The Bertz CT molecular complexity index is 609. The first-order chi connectivity index (χ1) is 10.2. The largest absolute Gasteiger partial charge is 0.497 e. The van der Waals surface area contributed by atoms with Crippen molar-refractivity contribution >= 4 is 17.7 Å². The van der Waals surface area contributed by atoms with E-state index in [1.54, 1.807) is 39.5 Å². The van der Waals surface area contributed by atoms with Crippen LogP contribution in [0.5, 0.6) is 11.5 Å². The number of nitrogens with zero attached hydrogens (tertiary/aromatic N) is 4. The Kier molecular flexibility index (Phi) is 4.99. The fraction of sp³-hybridized carbons (Fsp3) is 0.333. The summed E-state index contributed by atoms with van der Waals surface area (Å²) in [6, 6.07) is 5.32. The maximum atomic E-state index is 11.3. The Balaban J connectivity index is 2.30. The number of carbonyl (C=O) groups is 1. The van der Waals surface area contributed by atoms with Crippen LogP contribution in [0, 0.1) is 0 Å². The third-order valence-electron chi connectivity index (χ3n) is 2.63. The Morgan fingerprint density at radius 1 is 1.29 bits per heavy atom. The summed E-state index contributed by atoms with van der Waals surface area (Å²) < 4.78 is 12.0. The predicted molar refractivity (Wildman–Crippen MR) is 77.0 cm³/mol. The molecular formula is C12H15N5O3S. The molecule has 0 fully saturated rings. The summed E-state index contributed by atoms with van der Waals surface area (Å²) in [5.74, 6) is 1.39. The lowest BCUT2D eigenvalue weighted by Crippen LogP contribution is -2.20. The highest BCUT2D eigenvalue weighted by Crippen LogP contribution is 2.26. The van der Waals surface area contributed by atoms with E-state index < -0.39 is 0 Å². The van der Waals surface area contributed by atoms with E-state index in [0.29, 0.717) is 22.3 Å². The molecular weight excluding hydrogens is 294 g/mol. The molecule has 2 rings (SSSR count). The highest BCUT2D eigenvalue weighted by atomic mass is 32.2. The number of ether oxygens (including phenoxy) is 2. The van der Waals surface area contributed by atoms with Crippen LogP contribution in [0.15, 0.2) is 23.4 Å². The van der Waals surface area contributed by atoms with Crippen molar-refractivity contribution in [1.29, 1.82) is 0 Å². The number of hydrogen-bond donors (Lipinski definition) is 1. The van der Waals surface area contributed by atoms with E-state index in [4.69, 9.17) is 9.47 Å². The van der Waals surface area contributed by atoms with Gasteiger partial charge in [0, 0.05) is 25.2 Å². The second kappa shape index (κ2) is 6.93. The molecule has 0 atom stereocenters. The number of carbonyl (C=O) groups excluding carboxylic acids is 1. The quantitative estimate of drug-likeness (QED) is 0.778. The molecule has 21 heavy (non-hydrogen) atoms. The fourth-order valence-corrected chi connectivity index (χ4v) is 2.31. The second-order valence-corrected chi connectivity index (χ2v) is 4.85. The van der Waals surface area contributed by atoms with Crippen molar-refractivity contribution in [2.24, 2.45) is 0 Å². The van der Waals surface area contributed by atoms with E-state index in [-0.39, 0.29) is 11.7 Å². The minimum atomic E-state index is -0.0993. The standard InChI is InChI=1S/C12H15N5O3S/c1-13-11(18)7-21-12-14-15-16-17(12)8-4-9(19-2)6-10(5-8)20-3/h4-6H,7H2,1-3H3,(H,13,18). The fourth-order valence-electron chi connectivity index (χ4n) is 1.55. The van der Waals surface area contributed by atoms with Gasteiger partial charge < -0.3 is 14.8 Å². The molecule has 0 aliphatic heterocycles. The van der Waals surface area contributed by atoms with Gasteiger partial charge in [-0.3, -0.25) is 4.79 Å². The number of methoxy groups -OCH3 is 2. The van der Waals surface area contributed by atoms with Gasteiger partial charge in [0.2, 0.25) is 11.1 Å². The molecule has 8 nitrogen and oxygen atoms in total. The van der Waals surface area contributed by atoms with Gasteiger partial charge in [0.05, 0.1) is 25.7 Å². The zero-order chi connectivity index (χ0) is 15.2. The van der Waals surface area contributed by atoms with Crippen molar-refractivity contribution in [3.63, 3.8) is 0 Å². The number of aromatic nitrogens is 4. The summed E-state index contributed by atoms with van der Waals surface area (Å²) in [5, 5.41) is 14.5. The Hall–Kier alpha value is -2.29. The molecule has 0 aliphatic carbocycles. The lowest BCUT2D eigenvalue weighted by Gasteiger charge is -2.09. The summed E-state index contributed by atoms with van der Waals surface area (Å²) >= 11 is 1.24. The first kappa shape index (κ1) is 15.1. The van der Waals surface area contributed by atoms with E-state index in [1.807, 2.05) is 0 Å². The number of nitrogens with one attached hydrogen (secondary N) is 1. The minimum absolute atomic E-state index is 0.0993. The molecule has 1 N–H and O–H groups in total. The molecule has 0 saturated heterocycles. The summed E-state index contributed by atoms with van der Waals surface area (Å²) in [6.07, 6.45) is 0. The number of hydrogen-bond acceptors (Lipinski definition) is 7. The lowest BCUT2D eigenvalue weighted by atomic mass is 10.3. The van der Waals surface area contributed by atoms with Crippen LogP contribution in [0.3, 0.4) is 0 Å². The first-order valence-corrected chi connectivity index (χ1v) is 7.01. The van der Waals surface area contributed by atoms with Gasteiger partial charge in [-0.2, -0.15) is 4.68 Å². The van der Waals surface area contributed by atoms with E-state index in [1.165, 1.54) is 16.4 Å². The average Bonchev–Trinajstić information content (AvgIpc) is 3.00. The van der Waals surface area contributed by atoms with E-state index >= 15 is 0 Å². The van der Waals surface area contributed by atoms with Crippen LogP contribution in [0.4, 0.5) is 0 Å². The van der Waals surface area contributed by atoms with Crippen molar-refractivity contribution in [3.05, 3.63) is 18.2 Å². The maximum absolute atomic E-state index is 11.3. The topological polar surface area (TPSA) is 91.2 Å². The van der Waals surface area contributed by atoms with Crippen LogP contribution in [0.25, 0.3) is 5.69 Å². The second-order valence-electron chi connectivity index (χ2n) is 3.91. The van der Waals surface area contributed by atoms with Gasteiger partial charge in [-0.05, 0) is 10.4 Å². The van der Waals surface area contributed by atoms with Gasteiger partial charge in [0.1, 0.15) is 11.5 Å². The molecule has 1 heterocycles. The third kappa shape index (κ3) is 3.63. The number of rotatable bonds is 6. The normalized spacial score (nSPS) is 10.2. The van der Waals surface area contributed by atoms with Gasteiger partial charge in [0.25, 0.3) is 0 Å². The van der Waals surface area contributed by atoms with E-state index in [0.717, 1.165) is 0 Å². The summed E-state index contributed by atoms with van der Waals surface area (Å²) in [5.41, 5.74) is 0.690. The molecule has 1 aromatic carbocycles. The first-order valence-electron chi connectivity index (χ1n) is 6.03. The SMILES string of the molecule is CNC(=O)CSc1nnnn1-c1cc(OC)cc(OC)c1. The number of benzene rings is 1. The minimum Gasteiger partial charge on any atom is -0.497 e.